The highest BCUT2D eigenvalue weighted by molar-refractivity contribution is 8.00. The van der Waals surface area contributed by atoms with Gasteiger partial charge in [-0.2, -0.15) is 13.2 Å². The summed E-state index contributed by atoms with van der Waals surface area (Å²) in [6.45, 7) is 5.36. The van der Waals surface area contributed by atoms with E-state index in [9.17, 15) is 18.0 Å². The number of amides is 1. The summed E-state index contributed by atoms with van der Waals surface area (Å²) in [6, 6.07) is 6.45. The normalized spacial score (nSPS) is 12.8. The Morgan fingerprint density at radius 2 is 1.96 bits per heavy atom. The molecule has 24 heavy (non-hydrogen) atoms. The van der Waals surface area contributed by atoms with Crippen molar-refractivity contribution in [3.05, 3.63) is 47.3 Å². The lowest BCUT2D eigenvalue weighted by atomic mass is 10.1. The Bertz CT molecular complexity index is 750. The van der Waals surface area contributed by atoms with E-state index in [1.807, 2.05) is 32.0 Å². The molecule has 4 nitrogen and oxygen atoms in total. The van der Waals surface area contributed by atoms with E-state index < -0.39 is 17.1 Å². The largest absolute Gasteiger partial charge is 0.433 e. The molecule has 0 saturated carbocycles. The number of carbonyl (C=O) groups excluding carboxylic acids is 1. The van der Waals surface area contributed by atoms with Crippen molar-refractivity contribution in [2.24, 2.45) is 0 Å². The molecule has 1 amide bonds. The molecule has 2 aromatic rings. The summed E-state index contributed by atoms with van der Waals surface area (Å²) in [5.74, 6) is -0.324. The Labute approximate surface area is 141 Å². The minimum atomic E-state index is -4.54. The number of rotatable bonds is 4. The Morgan fingerprint density at radius 3 is 2.62 bits per heavy atom. The van der Waals surface area contributed by atoms with Crippen LogP contribution in [0.3, 0.4) is 0 Å². The number of hydrogen-bond acceptors (Lipinski definition) is 4. The quantitative estimate of drug-likeness (QED) is 0.659. The van der Waals surface area contributed by atoms with E-state index in [2.05, 4.69) is 15.3 Å². The van der Waals surface area contributed by atoms with Crippen LogP contribution in [0.25, 0.3) is 0 Å². The molecule has 0 aliphatic rings. The number of alkyl halides is 3. The summed E-state index contributed by atoms with van der Waals surface area (Å²) in [5.41, 5.74) is 1.55. The summed E-state index contributed by atoms with van der Waals surface area (Å²) in [6.07, 6.45) is -3.50. The van der Waals surface area contributed by atoms with Crippen molar-refractivity contribution >= 4 is 23.4 Å². The number of nitrogens with zero attached hydrogens (tertiary/aromatic N) is 2. The van der Waals surface area contributed by atoms with Gasteiger partial charge in [-0.05, 0) is 44.0 Å². The van der Waals surface area contributed by atoms with Gasteiger partial charge in [0.15, 0.2) is 5.16 Å². The third kappa shape index (κ3) is 4.70. The molecule has 1 aromatic heterocycles. The molecule has 0 radical (unpaired) electrons. The molecule has 1 heterocycles. The number of nitrogens with one attached hydrogen (secondary N) is 1. The summed E-state index contributed by atoms with van der Waals surface area (Å²) < 4.78 is 38.0. The van der Waals surface area contributed by atoms with Crippen molar-refractivity contribution in [3.8, 4) is 0 Å². The Kier molecular flexibility index (Phi) is 5.48. The second-order valence-corrected chi connectivity index (χ2v) is 6.60. The van der Waals surface area contributed by atoms with Crippen molar-refractivity contribution in [3.63, 3.8) is 0 Å². The van der Waals surface area contributed by atoms with E-state index in [1.54, 1.807) is 6.92 Å². The van der Waals surface area contributed by atoms with Gasteiger partial charge >= 0.3 is 6.18 Å². The summed E-state index contributed by atoms with van der Waals surface area (Å²) in [5, 5.41) is 2.04. The number of carbonyl (C=O) groups is 1. The summed E-state index contributed by atoms with van der Waals surface area (Å²) >= 11 is 0.877. The van der Waals surface area contributed by atoms with Crippen molar-refractivity contribution < 1.29 is 18.0 Å². The van der Waals surface area contributed by atoms with Crippen molar-refractivity contribution in [2.45, 2.75) is 37.4 Å². The lowest BCUT2D eigenvalue weighted by Gasteiger charge is -2.14. The van der Waals surface area contributed by atoms with Crippen molar-refractivity contribution in [2.75, 3.05) is 5.32 Å². The van der Waals surface area contributed by atoms with E-state index in [0.717, 1.165) is 35.2 Å². The number of aryl methyl sites for hydroxylation is 2. The highest BCUT2D eigenvalue weighted by Gasteiger charge is 2.33. The molecule has 0 aliphatic carbocycles. The average Bonchev–Trinajstić information content (AvgIpc) is 2.50. The number of hydrogen-bond donors (Lipinski definition) is 1. The molecule has 8 heteroatoms. The van der Waals surface area contributed by atoms with Crippen LogP contribution in [-0.2, 0) is 11.0 Å². The number of aromatic nitrogens is 2. The van der Waals surface area contributed by atoms with E-state index in [1.165, 1.54) is 0 Å². The van der Waals surface area contributed by atoms with E-state index in [4.69, 9.17) is 0 Å². The molecule has 1 unspecified atom stereocenters. The van der Waals surface area contributed by atoms with Gasteiger partial charge in [0.25, 0.3) is 0 Å². The molecule has 0 bridgehead atoms. The second-order valence-electron chi connectivity index (χ2n) is 5.29. The Hall–Kier alpha value is -2.09. The van der Waals surface area contributed by atoms with E-state index in [-0.39, 0.29) is 11.1 Å². The highest BCUT2D eigenvalue weighted by atomic mass is 32.2. The van der Waals surface area contributed by atoms with Crippen LogP contribution in [-0.4, -0.2) is 21.1 Å². The monoisotopic (exact) mass is 355 g/mol. The van der Waals surface area contributed by atoms with E-state index in [0.29, 0.717) is 5.69 Å². The molecular weight excluding hydrogens is 339 g/mol. The van der Waals surface area contributed by atoms with Gasteiger partial charge in [-0.25, -0.2) is 9.97 Å². The van der Waals surface area contributed by atoms with Gasteiger partial charge in [-0.1, -0.05) is 23.9 Å². The standard InChI is InChI=1S/C16H16F3N3OS/c1-9-4-5-10(2)12(8-9)21-14(23)11(3)24-15-20-7-6-13(22-15)16(17,18)19/h4-8,11H,1-3H3,(H,21,23). The number of benzene rings is 1. The summed E-state index contributed by atoms with van der Waals surface area (Å²) in [4.78, 5) is 19.5. The van der Waals surface area contributed by atoms with Crippen molar-refractivity contribution in [1.29, 1.82) is 0 Å². The van der Waals surface area contributed by atoms with E-state index >= 15 is 0 Å². The minimum Gasteiger partial charge on any atom is -0.325 e. The van der Waals surface area contributed by atoms with Crippen LogP contribution >= 0.6 is 11.8 Å². The molecule has 1 aromatic carbocycles. The zero-order valence-electron chi connectivity index (χ0n) is 13.3. The van der Waals surface area contributed by atoms with Crippen LogP contribution < -0.4 is 5.32 Å². The number of halogens is 3. The summed E-state index contributed by atoms with van der Waals surface area (Å²) in [7, 11) is 0. The number of anilines is 1. The molecule has 0 saturated heterocycles. The van der Waals surface area contributed by atoms with Crippen LogP contribution in [0.15, 0.2) is 35.6 Å². The maximum absolute atomic E-state index is 12.7. The van der Waals surface area contributed by atoms with Gasteiger partial charge in [0.2, 0.25) is 5.91 Å². The first-order valence-electron chi connectivity index (χ1n) is 7.12. The number of thioether (sulfide) groups is 1. The third-order valence-corrected chi connectivity index (χ3v) is 4.20. The zero-order valence-corrected chi connectivity index (χ0v) is 14.1. The van der Waals surface area contributed by atoms with Crippen molar-refractivity contribution in [1.82, 2.24) is 9.97 Å². The molecule has 0 aliphatic heterocycles. The Balaban J connectivity index is 2.08. The van der Waals surface area contributed by atoms with Crippen LogP contribution in [0.4, 0.5) is 18.9 Å². The SMILES string of the molecule is Cc1ccc(C)c(NC(=O)C(C)Sc2nccc(C(F)(F)F)n2)c1. The van der Waals surface area contributed by atoms with Gasteiger partial charge < -0.3 is 5.32 Å². The molecule has 0 spiro atoms. The van der Waals surface area contributed by atoms with Gasteiger partial charge in [0, 0.05) is 11.9 Å². The molecule has 2 rings (SSSR count). The maximum atomic E-state index is 12.7. The molecule has 1 N–H and O–H groups in total. The van der Waals surface area contributed by atoms with Gasteiger partial charge in [-0.15, -0.1) is 0 Å². The zero-order chi connectivity index (χ0) is 17.9. The molecule has 128 valence electrons. The molecule has 1 atom stereocenters. The van der Waals surface area contributed by atoms with Crippen LogP contribution in [0.2, 0.25) is 0 Å². The second kappa shape index (κ2) is 7.21. The topological polar surface area (TPSA) is 54.9 Å². The van der Waals surface area contributed by atoms with Gasteiger partial charge in [0.05, 0.1) is 5.25 Å². The fraction of sp³-hybridized carbons (Fsp3) is 0.312. The predicted molar refractivity (Wildman–Crippen MR) is 86.9 cm³/mol. The lowest BCUT2D eigenvalue weighted by molar-refractivity contribution is -0.141. The first-order valence-corrected chi connectivity index (χ1v) is 8.00. The Morgan fingerprint density at radius 1 is 1.25 bits per heavy atom. The first kappa shape index (κ1) is 18.3. The van der Waals surface area contributed by atoms with Crippen LogP contribution in [0.1, 0.15) is 23.7 Å². The van der Waals surface area contributed by atoms with Gasteiger partial charge in [-0.3, -0.25) is 4.79 Å². The maximum Gasteiger partial charge on any atom is 0.433 e. The predicted octanol–water partition coefficient (Wildman–Crippen LogP) is 4.23. The van der Waals surface area contributed by atoms with Gasteiger partial charge in [0.1, 0.15) is 5.69 Å². The lowest BCUT2D eigenvalue weighted by Crippen LogP contribution is -2.23. The first-order chi connectivity index (χ1) is 11.2. The minimum absolute atomic E-state index is 0.0894. The fourth-order valence-electron chi connectivity index (χ4n) is 1.87. The molecule has 0 fully saturated rings. The van der Waals surface area contributed by atoms with Crippen LogP contribution in [0.5, 0.6) is 0 Å². The third-order valence-electron chi connectivity index (χ3n) is 3.23. The fourth-order valence-corrected chi connectivity index (χ4v) is 2.63. The molecular formula is C16H16F3N3OS. The van der Waals surface area contributed by atoms with Crippen LogP contribution in [0, 0.1) is 13.8 Å². The smallest absolute Gasteiger partial charge is 0.325 e. The highest BCUT2D eigenvalue weighted by Crippen LogP contribution is 2.29. The average molecular weight is 355 g/mol.